The summed E-state index contributed by atoms with van der Waals surface area (Å²) in [6.07, 6.45) is -2.66. The monoisotopic (exact) mass is 397 g/mol. The number of carbonyl (C=O) groups is 1. The number of amides is 1. The Morgan fingerprint density at radius 1 is 1.33 bits per heavy atom. The third kappa shape index (κ3) is 4.26. The minimum atomic E-state index is -4.36. The molecular formula is C19H22F3N3OS. The number of nitrogens with zero attached hydrogens (tertiary/aromatic N) is 3. The fourth-order valence-corrected chi connectivity index (χ4v) is 4.21. The van der Waals surface area contributed by atoms with Gasteiger partial charge < -0.3 is 9.80 Å². The molecule has 1 unspecified atom stereocenters. The Morgan fingerprint density at radius 2 is 2.11 bits per heavy atom. The summed E-state index contributed by atoms with van der Waals surface area (Å²) in [4.78, 5) is 21.5. The van der Waals surface area contributed by atoms with Crippen LogP contribution in [0.2, 0.25) is 0 Å². The van der Waals surface area contributed by atoms with Gasteiger partial charge in [-0.1, -0.05) is 19.4 Å². The fourth-order valence-electron chi connectivity index (χ4n) is 3.45. The van der Waals surface area contributed by atoms with Crippen molar-refractivity contribution in [1.29, 1.82) is 0 Å². The van der Waals surface area contributed by atoms with Gasteiger partial charge in [-0.3, -0.25) is 4.79 Å². The topological polar surface area (TPSA) is 36.4 Å². The summed E-state index contributed by atoms with van der Waals surface area (Å²) in [6.45, 7) is 5.38. The Kier molecular flexibility index (Phi) is 5.74. The molecule has 3 rings (SSSR count). The molecule has 1 aliphatic rings. The van der Waals surface area contributed by atoms with Crippen molar-refractivity contribution in [2.45, 2.75) is 38.9 Å². The summed E-state index contributed by atoms with van der Waals surface area (Å²) in [5.41, 5.74) is 2.29. The molecule has 4 nitrogen and oxygen atoms in total. The van der Waals surface area contributed by atoms with Crippen LogP contribution in [0.3, 0.4) is 0 Å². The molecule has 8 heteroatoms. The van der Waals surface area contributed by atoms with E-state index in [1.54, 1.807) is 11.6 Å². The van der Waals surface area contributed by atoms with Crippen LogP contribution in [0.1, 0.15) is 40.7 Å². The van der Waals surface area contributed by atoms with Gasteiger partial charge in [-0.15, -0.1) is 11.3 Å². The quantitative estimate of drug-likeness (QED) is 0.757. The number of aryl methyl sites for hydroxylation is 1. The molecule has 1 saturated heterocycles. The van der Waals surface area contributed by atoms with E-state index in [1.165, 1.54) is 23.5 Å². The van der Waals surface area contributed by atoms with Crippen molar-refractivity contribution in [2.24, 2.45) is 0 Å². The predicted octanol–water partition coefficient (Wildman–Crippen LogP) is 4.60. The zero-order chi connectivity index (χ0) is 19.6. The highest BCUT2D eigenvalue weighted by molar-refractivity contribution is 7.11. The number of halogens is 3. The molecule has 146 valence electrons. The molecule has 1 aromatic heterocycles. The Hall–Kier alpha value is -2.09. The van der Waals surface area contributed by atoms with E-state index >= 15 is 0 Å². The summed E-state index contributed by atoms with van der Waals surface area (Å²) in [5.74, 6) is -0.0304. The predicted molar refractivity (Wildman–Crippen MR) is 100 cm³/mol. The van der Waals surface area contributed by atoms with E-state index in [0.717, 1.165) is 24.6 Å². The molecule has 0 radical (unpaired) electrons. The zero-order valence-electron chi connectivity index (χ0n) is 15.3. The van der Waals surface area contributed by atoms with Gasteiger partial charge in [0.15, 0.2) is 0 Å². The molecule has 0 saturated carbocycles. The summed E-state index contributed by atoms with van der Waals surface area (Å²) in [6, 6.07) is 5.37. The Bertz CT molecular complexity index is 805. The van der Waals surface area contributed by atoms with Crippen LogP contribution >= 0.6 is 11.3 Å². The number of rotatable bonds is 4. The molecule has 2 heterocycles. The van der Waals surface area contributed by atoms with Crippen molar-refractivity contribution in [3.63, 3.8) is 0 Å². The lowest BCUT2D eigenvalue weighted by molar-refractivity contribution is -0.137. The molecule has 0 bridgehead atoms. The van der Waals surface area contributed by atoms with Crippen molar-refractivity contribution in [3.05, 3.63) is 45.9 Å². The molecule has 1 amide bonds. The minimum Gasteiger partial charge on any atom is -0.368 e. The fraction of sp³-hybridized carbons (Fsp3) is 0.474. The Balaban J connectivity index is 1.80. The average molecular weight is 397 g/mol. The smallest absolute Gasteiger partial charge is 0.368 e. The first-order valence-electron chi connectivity index (χ1n) is 8.94. The van der Waals surface area contributed by atoms with E-state index in [0.29, 0.717) is 30.2 Å². The van der Waals surface area contributed by atoms with Crippen LogP contribution < -0.4 is 4.90 Å². The summed E-state index contributed by atoms with van der Waals surface area (Å²) >= 11 is 1.33. The van der Waals surface area contributed by atoms with Gasteiger partial charge in [0.2, 0.25) is 0 Å². The number of alkyl halides is 3. The lowest BCUT2D eigenvalue weighted by Gasteiger charge is -2.42. The highest BCUT2D eigenvalue weighted by atomic mass is 32.1. The van der Waals surface area contributed by atoms with E-state index < -0.39 is 11.7 Å². The van der Waals surface area contributed by atoms with Crippen LogP contribution in [0.4, 0.5) is 18.9 Å². The number of piperazine rings is 1. The van der Waals surface area contributed by atoms with E-state index in [4.69, 9.17) is 0 Å². The van der Waals surface area contributed by atoms with E-state index in [-0.39, 0.29) is 11.9 Å². The number of carbonyl (C=O) groups excluding carboxylic acids is 1. The first-order chi connectivity index (χ1) is 12.8. The van der Waals surface area contributed by atoms with Crippen LogP contribution in [0, 0.1) is 6.92 Å². The minimum absolute atomic E-state index is 0.0304. The number of hydrogen-bond acceptors (Lipinski definition) is 4. The van der Waals surface area contributed by atoms with Gasteiger partial charge in [-0.2, -0.15) is 13.2 Å². The largest absolute Gasteiger partial charge is 0.416 e. The normalized spacial score (nSPS) is 18.0. The van der Waals surface area contributed by atoms with Gasteiger partial charge in [-0.25, -0.2) is 4.98 Å². The number of hydrogen-bond donors (Lipinski definition) is 0. The molecule has 0 spiro atoms. The number of benzene rings is 1. The molecule has 2 aromatic rings. The molecule has 27 heavy (non-hydrogen) atoms. The second-order valence-corrected chi connectivity index (χ2v) is 7.56. The second kappa shape index (κ2) is 7.88. The maximum absolute atomic E-state index is 13.0. The van der Waals surface area contributed by atoms with Gasteiger partial charge >= 0.3 is 6.18 Å². The van der Waals surface area contributed by atoms with Crippen molar-refractivity contribution in [1.82, 2.24) is 9.88 Å². The van der Waals surface area contributed by atoms with E-state index in [1.807, 2.05) is 23.6 Å². The third-order valence-corrected chi connectivity index (χ3v) is 5.76. The molecule has 0 N–H and O–H groups in total. The van der Waals surface area contributed by atoms with Gasteiger partial charge in [0, 0.05) is 31.4 Å². The molecule has 1 atom stereocenters. The van der Waals surface area contributed by atoms with Crippen molar-refractivity contribution in [3.8, 4) is 0 Å². The lowest BCUT2D eigenvalue weighted by Crippen LogP contribution is -2.55. The van der Waals surface area contributed by atoms with E-state index in [9.17, 15) is 18.0 Å². The average Bonchev–Trinajstić information content (AvgIpc) is 3.07. The maximum atomic E-state index is 13.0. The second-order valence-electron chi connectivity index (χ2n) is 6.70. The van der Waals surface area contributed by atoms with Crippen LogP contribution in [0.5, 0.6) is 0 Å². The first kappa shape index (κ1) is 19.7. The molecule has 1 fully saturated rings. The van der Waals surface area contributed by atoms with E-state index in [2.05, 4.69) is 4.98 Å². The lowest BCUT2D eigenvalue weighted by atomic mass is 10.0. The Morgan fingerprint density at radius 3 is 2.74 bits per heavy atom. The van der Waals surface area contributed by atoms with Gasteiger partial charge in [-0.05, 0) is 31.5 Å². The Labute approximate surface area is 160 Å². The maximum Gasteiger partial charge on any atom is 0.416 e. The molecule has 1 aliphatic heterocycles. The number of anilines is 1. The van der Waals surface area contributed by atoms with Crippen LogP contribution in [0.25, 0.3) is 0 Å². The zero-order valence-corrected chi connectivity index (χ0v) is 16.1. The summed E-state index contributed by atoms with van der Waals surface area (Å²) in [5, 5.41) is 0. The number of thiazole rings is 1. The van der Waals surface area contributed by atoms with Gasteiger partial charge in [0.05, 0.1) is 16.8 Å². The summed E-state index contributed by atoms with van der Waals surface area (Å²) < 4.78 is 39.1. The third-order valence-electron chi connectivity index (χ3n) is 4.84. The standard InChI is InChI=1S/C19H22F3N3OS/c1-3-5-16-11-24(15-7-4-6-14(10-15)19(20,21)22)8-9-25(16)18(26)17-13(2)23-12-27-17/h4,6-7,10,12,16H,3,5,8-9,11H2,1-2H3. The van der Waals surface area contributed by atoms with Crippen molar-refractivity contribution in [2.75, 3.05) is 24.5 Å². The SMILES string of the molecule is CCCC1CN(c2cccc(C(F)(F)F)c2)CCN1C(=O)c1scnc1C. The van der Waals surface area contributed by atoms with Crippen molar-refractivity contribution >= 4 is 22.9 Å². The molecule has 0 aliphatic carbocycles. The highest BCUT2D eigenvalue weighted by Gasteiger charge is 2.34. The van der Waals surface area contributed by atoms with Crippen molar-refractivity contribution < 1.29 is 18.0 Å². The molecular weight excluding hydrogens is 375 g/mol. The van der Waals surface area contributed by atoms with Crippen LogP contribution in [-0.2, 0) is 6.18 Å². The highest BCUT2D eigenvalue weighted by Crippen LogP contribution is 2.32. The van der Waals surface area contributed by atoms with Gasteiger partial charge in [0.25, 0.3) is 5.91 Å². The first-order valence-corrected chi connectivity index (χ1v) is 9.82. The number of aromatic nitrogens is 1. The molecule has 1 aromatic carbocycles. The summed E-state index contributed by atoms with van der Waals surface area (Å²) in [7, 11) is 0. The van der Waals surface area contributed by atoms with Gasteiger partial charge in [0.1, 0.15) is 4.88 Å². The van der Waals surface area contributed by atoms with Crippen LogP contribution in [0.15, 0.2) is 29.8 Å². The van der Waals surface area contributed by atoms with Crippen LogP contribution in [-0.4, -0.2) is 41.5 Å².